The normalized spacial score (nSPS) is 14.4. The Labute approximate surface area is 316 Å². The van der Waals surface area contributed by atoms with Crippen LogP contribution in [0.5, 0.6) is 0 Å². The highest BCUT2D eigenvalue weighted by Crippen LogP contribution is 2.21. The summed E-state index contributed by atoms with van der Waals surface area (Å²) in [6.07, 6.45) is 3.22. The lowest BCUT2D eigenvalue weighted by Gasteiger charge is -2.26. The molecule has 2 rings (SSSR count). The van der Waals surface area contributed by atoms with Gasteiger partial charge in [-0.15, -0.1) is 11.6 Å². The second-order valence-corrected chi connectivity index (χ2v) is 13.4. The molecule has 0 saturated carbocycles. The van der Waals surface area contributed by atoms with E-state index >= 15 is 0 Å². The zero-order valence-corrected chi connectivity index (χ0v) is 31.8. The monoisotopic (exact) mass is 757 g/mol. The van der Waals surface area contributed by atoms with Crippen molar-refractivity contribution in [2.45, 2.75) is 109 Å². The van der Waals surface area contributed by atoms with Crippen LogP contribution in [0.2, 0.25) is 0 Å². The molecule has 0 radical (unpaired) electrons. The molecule has 2 aromatic rings. The Morgan fingerprint density at radius 3 is 1.77 bits per heavy atom. The average molecular weight is 758 g/mol. The number of benzene rings is 2. The van der Waals surface area contributed by atoms with E-state index in [1.807, 2.05) is 24.3 Å². The number of ketones is 1. The Kier molecular flexibility index (Phi) is 19.7. The predicted molar refractivity (Wildman–Crippen MR) is 205 cm³/mol. The number of aliphatic hydroxyl groups is 1. The number of amides is 5. The van der Waals surface area contributed by atoms with Crippen molar-refractivity contribution in [3.63, 3.8) is 0 Å². The Morgan fingerprint density at radius 2 is 1.23 bits per heavy atom. The number of alkyl halides is 1. The van der Waals surface area contributed by atoms with Gasteiger partial charge in [-0.25, -0.2) is 0 Å². The van der Waals surface area contributed by atoms with Crippen LogP contribution in [0.4, 0.5) is 0 Å². The molecule has 0 aliphatic carbocycles. The van der Waals surface area contributed by atoms with Crippen LogP contribution in [-0.4, -0.2) is 95.7 Å². The van der Waals surface area contributed by atoms with Crippen molar-refractivity contribution in [2.24, 2.45) is 11.5 Å². The zero-order chi connectivity index (χ0) is 39.5. The summed E-state index contributed by atoms with van der Waals surface area (Å²) in [6.45, 7) is 6.69. The second kappa shape index (κ2) is 23.3. The van der Waals surface area contributed by atoms with Crippen LogP contribution in [0.1, 0.15) is 82.1 Å². The molecule has 2 aromatic carbocycles. The summed E-state index contributed by atoms with van der Waals surface area (Å²) in [4.78, 5) is 77.6. The van der Waals surface area contributed by atoms with E-state index in [-0.39, 0.29) is 25.3 Å². The highest BCUT2D eigenvalue weighted by atomic mass is 35.5. The van der Waals surface area contributed by atoms with E-state index in [0.717, 1.165) is 30.4 Å². The third-order valence-corrected chi connectivity index (χ3v) is 8.96. The summed E-state index contributed by atoms with van der Waals surface area (Å²) in [7, 11) is 0. The maximum absolute atomic E-state index is 13.3. The number of nitrogens with one attached hydrogen (secondary N) is 5. The summed E-state index contributed by atoms with van der Waals surface area (Å²) >= 11 is 5.59. The Hall–Kier alpha value is -4.37. The van der Waals surface area contributed by atoms with Gasteiger partial charge in [-0.2, -0.15) is 0 Å². The van der Waals surface area contributed by atoms with Crippen molar-refractivity contribution in [3.05, 3.63) is 59.7 Å². The first-order valence-corrected chi connectivity index (χ1v) is 18.7. The van der Waals surface area contributed by atoms with Crippen LogP contribution in [0.15, 0.2) is 48.5 Å². The summed E-state index contributed by atoms with van der Waals surface area (Å²) in [5.74, 6) is -4.20. The van der Waals surface area contributed by atoms with Crippen molar-refractivity contribution in [1.29, 1.82) is 0 Å². The number of carbonyl (C=O) groups is 6. The topological polar surface area (TPSA) is 235 Å². The first kappa shape index (κ1) is 44.8. The number of halogens is 1. The number of hydrogen-bond donors (Lipinski definition) is 8. The third-order valence-electron chi connectivity index (χ3n) is 8.70. The lowest BCUT2D eigenvalue weighted by molar-refractivity contribution is -0.135. The molecule has 6 atom stereocenters. The fourth-order valence-electron chi connectivity index (χ4n) is 5.33. The van der Waals surface area contributed by atoms with E-state index < -0.39 is 71.6 Å². The lowest BCUT2D eigenvalue weighted by Crippen LogP contribution is -2.60. The molecule has 0 spiro atoms. The number of nitrogens with two attached hydrogens (primary N) is 2. The molecule has 1 unspecified atom stereocenters. The number of aliphatic hydroxyl groups excluding tert-OH is 1. The van der Waals surface area contributed by atoms with Crippen LogP contribution in [-0.2, 0) is 30.4 Å². The molecule has 0 bridgehead atoms. The molecule has 0 fully saturated rings. The molecule has 10 N–H and O–H groups in total. The summed E-state index contributed by atoms with van der Waals surface area (Å²) < 4.78 is 0. The molecule has 0 aromatic heterocycles. The van der Waals surface area contributed by atoms with Crippen molar-refractivity contribution in [2.75, 3.05) is 19.0 Å². The van der Waals surface area contributed by atoms with Crippen LogP contribution in [0.25, 0.3) is 11.1 Å². The maximum atomic E-state index is 13.3. The quantitative estimate of drug-likeness (QED) is 0.0604. The van der Waals surface area contributed by atoms with Gasteiger partial charge in [0.25, 0.3) is 5.91 Å². The lowest BCUT2D eigenvalue weighted by atomic mass is 10.0. The maximum Gasteiger partial charge on any atom is 0.251 e. The standard InChI is InChI=1S/C38H56ClN7O7/c1-5-6-9-26-11-13-27(14-12-26)28-15-17-29(18-16-28)35(50)45-31(19-21-41)37(52)46-33(25(4)47)38(53)43-24(3)34(49)44-30(10-7-8-20-40)36(51)42-23(2)32(48)22-39/h11-18,23-25,30-31,33,47H,5-10,19-22,40-41H2,1-4H3,(H,42,51)(H,43,53)(H,44,49)(H,45,50)(H,46,52)/t23-,24-,25?,30-,31-,33-/m0/s1. The van der Waals surface area contributed by atoms with Gasteiger partial charge in [0.2, 0.25) is 23.6 Å². The van der Waals surface area contributed by atoms with Gasteiger partial charge >= 0.3 is 0 Å². The fourth-order valence-corrected chi connectivity index (χ4v) is 5.56. The first-order valence-electron chi connectivity index (χ1n) is 18.1. The van der Waals surface area contributed by atoms with E-state index in [1.165, 1.54) is 26.3 Å². The number of unbranched alkanes of at least 4 members (excludes halogenated alkanes) is 2. The smallest absolute Gasteiger partial charge is 0.251 e. The molecule has 0 aliphatic heterocycles. The number of hydrogen-bond acceptors (Lipinski definition) is 9. The number of carbonyl (C=O) groups excluding carboxylic acids is 6. The van der Waals surface area contributed by atoms with Crippen LogP contribution in [0.3, 0.4) is 0 Å². The van der Waals surface area contributed by atoms with Gasteiger partial charge in [0.1, 0.15) is 24.2 Å². The van der Waals surface area contributed by atoms with Gasteiger partial charge in [0, 0.05) is 5.56 Å². The molecule has 14 nitrogen and oxygen atoms in total. The van der Waals surface area contributed by atoms with Crippen LogP contribution in [0, 0.1) is 0 Å². The van der Waals surface area contributed by atoms with Crippen molar-refractivity contribution in [1.82, 2.24) is 26.6 Å². The Morgan fingerprint density at radius 1 is 0.660 bits per heavy atom. The number of rotatable bonds is 23. The SMILES string of the molecule is CCCCc1ccc(-c2ccc(C(=O)N[C@@H](CCN)C(=O)N[C@H](C(=O)N[C@@H](C)C(=O)N[C@@H](CCCCN)C(=O)N[C@@H](C)C(=O)CCl)C(C)O)cc2)cc1. The predicted octanol–water partition coefficient (Wildman–Crippen LogP) is 1.44. The van der Waals surface area contributed by atoms with Crippen LogP contribution < -0.4 is 38.1 Å². The minimum atomic E-state index is -1.51. The minimum Gasteiger partial charge on any atom is -0.391 e. The first-order chi connectivity index (χ1) is 25.3. The van der Waals surface area contributed by atoms with Gasteiger partial charge in [-0.1, -0.05) is 49.7 Å². The van der Waals surface area contributed by atoms with E-state index in [9.17, 15) is 33.9 Å². The number of Topliss-reactive ketones (excluding diaryl/α,β-unsaturated/α-hetero) is 1. The minimum absolute atomic E-state index is 0.0349. The fraction of sp³-hybridized carbons (Fsp3) is 0.526. The molecule has 0 aliphatic rings. The zero-order valence-electron chi connectivity index (χ0n) is 31.1. The Balaban J connectivity index is 2.06. The van der Waals surface area contributed by atoms with Gasteiger partial charge in [-0.05, 0) is 101 Å². The molecular formula is C38H56ClN7O7. The number of aryl methyl sites for hydroxylation is 1. The highest BCUT2D eigenvalue weighted by Gasteiger charge is 2.32. The van der Waals surface area contributed by atoms with E-state index in [0.29, 0.717) is 24.9 Å². The van der Waals surface area contributed by atoms with Gasteiger partial charge in [0.15, 0.2) is 5.78 Å². The molecule has 292 valence electrons. The molecule has 53 heavy (non-hydrogen) atoms. The Bertz CT molecular complexity index is 1510. The molecular weight excluding hydrogens is 702 g/mol. The van der Waals surface area contributed by atoms with E-state index in [2.05, 4.69) is 45.6 Å². The molecule has 15 heteroatoms. The van der Waals surface area contributed by atoms with Crippen LogP contribution >= 0.6 is 11.6 Å². The van der Waals surface area contributed by atoms with Gasteiger partial charge < -0.3 is 43.2 Å². The second-order valence-electron chi connectivity index (χ2n) is 13.1. The van der Waals surface area contributed by atoms with E-state index in [4.69, 9.17) is 23.1 Å². The summed E-state index contributed by atoms with van der Waals surface area (Å²) in [5, 5.41) is 23.1. The summed E-state index contributed by atoms with van der Waals surface area (Å²) in [6, 6.07) is 9.45. The molecule has 0 saturated heterocycles. The average Bonchev–Trinajstić information content (AvgIpc) is 3.14. The van der Waals surface area contributed by atoms with E-state index in [1.54, 1.807) is 12.1 Å². The molecule has 5 amide bonds. The van der Waals surface area contributed by atoms with Gasteiger partial charge in [-0.3, -0.25) is 28.8 Å². The molecule has 0 heterocycles. The highest BCUT2D eigenvalue weighted by molar-refractivity contribution is 6.28. The largest absolute Gasteiger partial charge is 0.391 e. The van der Waals surface area contributed by atoms with Crippen molar-refractivity contribution < 1.29 is 33.9 Å². The van der Waals surface area contributed by atoms with Gasteiger partial charge in [0.05, 0.1) is 18.0 Å². The van der Waals surface area contributed by atoms with Crippen molar-refractivity contribution in [3.8, 4) is 11.1 Å². The summed E-state index contributed by atoms with van der Waals surface area (Å²) in [5.41, 5.74) is 14.8. The van der Waals surface area contributed by atoms with Crippen molar-refractivity contribution >= 4 is 46.9 Å². The third kappa shape index (κ3) is 14.9.